The Balaban J connectivity index is 1.83. The van der Waals surface area contributed by atoms with Gasteiger partial charge in [-0.1, -0.05) is 46.3 Å². The van der Waals surface area contributed by atoms with Crippen LogP contribution < -0.4 is 10.3 Å². The highest BCUT2D eigenvalue weighted by atomic mass is 79.9. The minimum Gasteiger partial charge on any atom is -0.450 e. The number of amides is 1. The van der Waals surface area contributed by atoms with Gasteiger partial charge in [-0.2, -0.15) is 0 Å². The van der Waals surface area contributed by atoms with Crippen LogP contribution in [-0.4, -0.2) is 10.9 Å². The Hall–Kier alpha value is -2.77. The SMILES string of the molecule is Cc1nc(N2C(=O)c3oc4ccc(Br)cc4c(=O)c3C2c2ccccc2)sc1C. The van der Waals surface area contributed by atoms with Crippen LogP contribution >= 0.6 is 27.3 Å². The number of nitrogens with zero attached hydrogens (tertiary/aromatic N) is 2. The molecule has 5 rings (SSSR count). The topological polar surface area (TPSA) is 63.4 Å². The number of anilines is 1. The van der Waals surface area contributed by atoms with E-state index in [1.165, 1.54) is 11.3 Å². The summed E-state index contributed by atoms with van der Waals surface area (Å²) in [6.45, 7) is 3.88. The highest BCUT2D eigenvalue weighted by Gasteiger charge is 2.44. The maximum atomic E-state index is 13.5. The zero-order chi connectivity index (χ0) is 20.3. The lowest BCUT2D eigenvalue weighted by Crippen LogP contribution is -2.29. The maximum absolute atomic E-state index is 13.5. The molecule has 0 saturated carbocycles. The Morgan fingerprint density at radius 2 is 1.86 bits per heavy atom. The van der Waals surface area contributed by atoms with Crippen molar-refractivity contribution in [1.82, 2.24) is 4.98 Å². The fourth-order valence-corrected chi connectivity index (χ4v) is 4.95. The molecule has 0 spiro atoms. The molecule has 0 fully saturated rings. The van der Waals surface area contributed by atoms with Crippen LogP contribution in [-0.2, 0) is 0 Å². The second-order valence-corrected chi connectivity index (χ2v) is 9.04. The van der Waals surface area contributed by atoms with Crippen LogP contribution in [0.3, 0.4) is 0 Å². The fourth-order valence-electron chi connectivity index (χ4n) is 3.65. The summed E-state index contributed by atoms with van der Waals surface area (Å²) < 4.78 is 6.74. The number of fused-ring (bicyclic) bond motifs is 2. The van der Waals surface area contributed by atoms with Crippen LogP contribution in [0.1, 0.15) is 38.3 Å². The number of aromatic nitrogens is 1. The molecule has 4 aromatic rings. The van der Waals surface area contributed by atoms with Gasteiger partial charge in [0, 0.05) is 9.35 Å². The number of halogens is 1. The zero-order valence-corrected chi connectivity index (χ0v) is 18.0. The summed E-state index contributed by atoms with van der Waals surface area (Å²) in [7, 11) is 0. The third kappa shape index (κ3) is 2.76. The smallest absolute Gasteiger partial charge is 0.297 e. The lowest BCUT2D eigenvalue weighted by Gasteiger charge is -2.22. The number of benzene rings is 2. The first-order valence-electron chi connectivity index (χ1n) is 9.04. The molecule has 7 heteroatoms. The standard InChI is InChI=1S/C22H15BrN2O3S/c1-11-12(2)29-22(24-11)25-18(13-6-4-3-5-7-13)17-19(26)15-10-14(23)8-9-16(15)28-20(17)21(25)27/h3-10,18H,1-2H3. The van der Waals surface area contributed by atoms with E-state index in [4.69, 9.17) is 4.42 Å². The number of hydrogen-bond donors (Lipinski definition) is 0. The van der Waals surface area contributed by atoms with Gasteiger partial charge in [0.2, 0.25) is 5.76 Å². The Labute approximate surface area is 178 Å². The molecule has 1 aliphatic heterocycles. The predicted octanol–water partition coefficient (Wildman–Crippen LogP) is 5.38. The molecule has 5 nitrogen and oxygen atoms in total. The van der Waals surface area contributed by atoms with E-state index in [9.17, 15) is 9.59 Å². The third-order valence-electron chi connectivity index (χ3n) is 5.17. The normalized spacial score (nSPS) is 15.9. The summed E-state index contributed by atoms with van der Waals surface area (Å²) in [4.78, 5) is 34.1. The third-order valence-corrected chi connectivity index (χ3v) is 6.74. The van der Waals surface area contributed by atoms with Crippen molar-refractivity contribution < 1.29 is 9.21 Å². The number of hydrogen-bond acceptors (Lipinski definition) is 5. The van der Waals surface area contributed by atoms with E-state index in [-0.39, 0.29) is 17.1 Å². The van der Waals surface area contributed by atoms with Gasteiger partial charge in [0.25, 0.3) is 5.91 Å². The fraction of sp³-hybridized carbons (Fsp3) is 0.136. The van der Waals surface area contributed by atoms with E-state index in [0.29, 0.717) is 21.7 Å². The van der Waals surface area contributed by atoms with E-state index in [1.807, 2.05) is 44.2 Å². The highest BCUT2D eigenvalue weighted by Crippen LogP contribution is 2.42. The number of carbonyl (C=O) groups is 1. The van der Waals surface area contributed by atoms with Crippen molar-refractivity contribution in [2.45, 2.75) is 19.9 Å². The van der Waals surface area contributed by atoms with Gasteiger partial charge in [-0.3, -0.25) is 14.5 Å². The van der Waals surface area contributed by atoms with E-state index in [0.717, 1.165) is 20.6 Å². The average molecular weight is 467 g/mol. The molecule has 144 valence electrons. The van der Waals surface area contributed by atoms with Crippen LogP contribution in [0.15, 0.2) is 62.2 Å². The molecule has 0 N–H and O–H groups in total. The van der Waals surface area contributed by atoms with Crippen LogP contribution in [0.4, 0.5) is 5.13 Å². The molecule has 0 aliphatic carbocycles. The van der Waals surface area contributed by atoms with E-state index < -0.39 is 6.04 Å². The molecule has 0 saturated heterocycles. The van der Waals surface area contributed by atoms with E-state index >= 15 is 0 Å². The molecule has 1 atom stereocenters. The first-order chi connectivity index (χ1) is 14.0. The van der Waals surface area contributed by atoms with Gasteiger partial charge in [0.15, 0.2) is 10.6 Å². The predicted molar refractivity (Wildman–Crippen MR) is 117 cm³/mol. The summed E-state index contributed by atoms with van der Waals surface area (Å²) in [5.41, 5.74) is 2.26. The molecule has 1 unspecified atom stereocenters. The lowest BCUT2D eigenvalue weighted by molar-refractivity contribution is 0.0971. The lowest BCUT2D eigenvalue weighted by atomic mass is 9.99. The second-order valence-electron chi connectivity index (χ2n) is 6.94. The molecular formula is C22H15BrN2O3S. The Morgan fingerprint density at radius 3 is 2.55 bits per heavy atom. The molecule has 1 amide bonds. The number of rotatable bonds is 2. The van der Waals surface area contributed by atoms with Crippen molar-refractivity contribution in [2.75, 3.05) is 4.90 Å². The molecule has 2 aromatic carbocycles. The summed E-state index contributed by atoms with van der Waals surface area (Å²) in [6.07, 6.45) is 0. The van der Waals surface area contributed by atoms with Gasteiger partial charge >= 0.3 is 0 Å². The molecule has 2 aromatic heterocycles. The van der Waals surface area contributed by atoms with E-state index in [2.05, 4.69) is 20.9 Å². The first-order valence-corrected chi connectivity index (χ1v) is 10.7. The Kier molecular flexibility index (Phi) is 4.18. The van der Waals surface area contributed by atoms with Crippen LogP contribution in [0.25, 0.3) is 11.0 Å². The van der Waals surface area contributed by atoms with Crippen molar-refractivity contribution in [1.29, 1.82) is 0 Å². The summed E-state index contributed by atoms with van der Waals surface area (Å²) in [5, 5.41) is 1.01. The summed E-state index contributed by atoms with van der Waals surface area (Å²) in [5.74, 6) is -0.256. The van der Waals surface area contributed by atoms with Gasteiger partial charge in [-0.15, -0.1) is 11.3 Å². The number of thiazole rings is 1. The maximum Gasteiger partial charge on any atom is 0.297 e. The second kappa shape index (κ2) is 6.64. The van der Waals surface area contributed by atoms with Crippen LogP contribution in [0.2, 0.25) is 0 Å². The molecule has 0 radical (unpaired) electrons. The van der Waals surface area contributed by atoms with Gasteiger partial charge in [0.1, 0.15) is 5.58 Å². The summed E-state index contributed by atoms with van der Waals surface area (Å²) >= 11 is 4.85. The van der Waals surface area contributed by atoms with Crippen LogP contribution in [0, 0.1) is 13.8 Å². The number of aryl methyl sites for hydroxylation is 2. The molecule has 3 heterocycles. The van der Waals surface area contributed by atoms with Gasteiger partial charge in [-0.25, -0.2) is 4.98 Å². The average Bonchev–Trinajstić information content (AvgIpc) is 3.20. The van der Waals surface area contributed by atoms with E-state index in [1.54, 1.807) is 23.1 Å². The van der Waals surface area contributed by atoms with Crippen molar-refractivity contribution in [3.8, 4) is 0 Å². The Morgan fingerprint density at radius 1 is 1.10 bits per heavy atom. The highest BCUT2D eigenvalue weighted by molar-refractivity contribution is 9.10. The minimum atomic E-state index is -0.580. The largest absolute Gasteiger partial charge is 0.450 e. The van der Waals surface area contributed by atoms with Gasteiger partial charge in [-0.05, 0) is 37.6 Å². The van der Waals surface area contributed by atoms with Crippen molar-refractivity contribution in [2.24, 2.45) is 0 Å². The van der Waals surface area contributed by atoms with Crippen LogP contribution in [0.5, 0.6) is 0 Å². The Bertz CT molecular complexity index is 1320. The van der Waals surface area contributed by atoms with Gasteiger partial charge < -0.3 is 4.42 Å². The minimum absolute atomic E-state index is 0.0872. The van der Waals surface area contributed by atoms with Crippen molar-refractivity contribution in [3.63, 3.8) is 0 Å². The summed E-state index contributed by atoms with van der Waals surface area (Å²) in [6, 6.07) is 14.2. The number of carbonyl (C=O) groups excluding carboxylic acids is 1. The van der Waals surface area contributed by atoms with Crippen molar-refractivity contribution in [3.05, 3.63) is 90.7 Å². The molecular weight excluding hydrogens is 452 g/mol. The van der Waals surface area contributed by atoms with Gasteiger partial charge in [0.05, 0.1) is 22.7 Å². The first kappa shape index (κ1) is 18.3. The quantitative estimate of drug-likeness (QED) is 0.397. The molecule has 1 aliphatic rings. The molecule has 0 bridgehead atoms. The zero-order valence-electron chi connectivity index (χ0n) is 15.6. The monoisotopic (exact) mass is 466 g/mol. The molecule has 29 heavy (non-hydrogen) atoms. The van der Waals surface area contributed by atoms with Crippen molar-refractivity contribution >= 4 is 49.3 Å².